The van der Waals surface area contributed by atoms with Crippen molar-refractivity contribution in [1.29, 1.82) is 0 Å². The maximum Gasteiger partial charge on any atom is 0.257 e. The van der Waals surface area contributed by atoms with E-state index in [0.717, 1.165) is 45.2 Å². The summed E-state index contributed by atoms with van der Waals surface area (Å²) in [5.74, 6) is 0.234. The van der Waals surface area contributed by atoms with Gasteiger partial charge in [0.05, 0.1) is 11.3 Å². The number of likely N-dealkylation sites (tertiary alicyclic amines) is 1. The summed E-state index contributed by atoms with van der Waals surface area (Å²) in [5, 5.41) is 11.9. The molecule has 170 valence electrons. The van der Waals surface area contributed by atoms with Crippen LogP contribution in [0.1, 0.15) is 24.8 Å². The lowest BCUT2D eigenvalue weighted by Crippen LogP contribution is -2.28. The molecular weight excluding hydrogens is 422 g/mol. The Bertz CT molecular complexity index is 1560. The smallest absolute Gasteiger partial charge is 0.257 e. The molecule has 5 aromatic rings. The average Bonchev–Trinajstić information content (AvgIpc) is 3.27. The molecule has 0 saturated carbocycles. The third kappa shape index (κ3) is 3.99. The summed E-state index contributed by atoms with van der Waals surface area (Å²) in [6, 6.07) is 23.7. The minimum absolute atomic E-state index is 0.113. The number of nitrogens with zero attached hydrogens (tertiary/aromatic N) is 1. The molecule has 0 spiro atoms. The van der Waals surface area contributed by atoms with Crippen LogP contribution in [0.15, 0.2) is 77.6 Å². The Labute approximate surface area is 197 Å². The van der Waals surface area contributed by atoms with Gasteiger partial charge in [-0.15, -0.1) is 0 Å². The molecule has 0 aliphatic carbocycles. The molecule has 0 atom stereocenters. The van der Waals surface area contributed by atoms with Crippen LogP contribution in [0.25, 0.3) is 44.2 Å². The van der Waals surface area contributed by atoms with Gasteiger partial charge in [-0.1, -0.05) is 30.7 Å². The van der Waals surface area contributed by atoms with Gasteiger partial charge in [-0.3, -0.25) is 9.69 Å². The number of pyridine rings is 1. The lowest BCUT2D eigenvalue weighted by atomic mass is 10.0. The molecule has 1 fully saturated rings. The Morgan fingerprint density at radius 1 is 0.765 bits per heavy atom. The summed E-state index contributed by atoms with van der Waals surface area (Å²) >= 11 is 0. The first kappa shape index (κ1) is 20.8. The lowest BCUT2D eigenvalue weighted by molar-refractivity contribution is 0.221. The molecule has 3 N–H and O–H groups in total. The number of fused-ring (bicyclic) bond motifs is 2. The number of aromatic nitrogens is 2. The largest absolute Gasteiger partial charge is 0.508 e. The van der Waals surface area contributed by atoms with E-state index in [0.29, 0.717) is 5.56 Å². The van der Waals surface area contributed by atoms with Crippen LogP contribution < -0.4 is 5.56 Å². The lowest BCUT2D eigenvalue weighted by Gasteiger charge is -2.26. The van der Waals surface area contributed by atoms with Crippen LogP contribution in [-0.4, -0.2) is 33.1 Å². The molecule has 34 heavy (non-hydrogen) atoms. The van der Waals surface area contributed by atoms with Crippen molar-refractivity contribution in [3.8, 4) is 28.1 Å². The second-order valence-electron chi connectivity index (χ2n) is 9.31. The van der Waals surface area contributed by atoms with Gasteiger partial charge >= 0.3 is 0 Å². The van der Waals surface area contributed by atoms with Gasteiger partial charge in [0.1, 0.15) is 5.75 Å². The number of H-pyrrole nitrogens is 2. The average molecular weight is 450 g/mol. The number of phenolic OH excluding ortho intramolecular Hbond substituents is 1. The van der Waals surface area contributed by atoms with Crippen molar-refractivity contribution in [1.82, 2.24) is 14.9 Å². The van der Waals surface area contributed by atoms with Gasteiger partial charge < -0.3 is 15.1 Å². The minimum atomic E-state index is -0.113. The van der Waals surface area contributed by atoms with Gasteiger partial charge in [0.25, 0.3) is 5.56 Å². The molecule has 2 aromatic heterocycles. The Morgan fingerprint density at radius 3 is 2.38 bits per heavy atom. The highest BCUT2D eigenvalue weighted by Crippen LogP contribution is 2.29. The van der Waals surface area contributed by atoms with E-state index in [1.165, 1.54) is 37.9 Å². The summed E-state index contributed by atoms with van der Waals surface area (Å²) in [5.41, 5.74) is 6.37. The zero-order valence-electron chi connectivity index (χ0n) is 19.0. The van der Waals surface area contributed by atoms with E-state index in [9.17, 15) is 9.90 Å². The predicted molar refractivity (Wildman–Crippen MR) is 138 cm³/mol. The van der Waals surface area contributed by atoms with Gasteiger partial charge in [0.15, 0.2) is 0 Å². The van der Waals surface area contributed by atoms with Gasteiger partial charge in [-0.25, -0.2) is 0 Å². The predicted octanol–water partition coefficient (Wildman–Crippen LogP) is 6.03. The van der Waals surface area contributed by atoms with Crippen molar-refractivity contribution in [2.75, 3.05) is 13.1 Å². The summed E-state index contributed by atoms with van der Waals surface area (Å²) in [6.45, 7) is 3.33. The Hall–Kier alpha value is -3.83. The molecule has 5 nitrogen and oxygen atoms in total. The molecule has 3 heterocycles. The topological polar surface area (TPSA) is 72.1 Å². The van der Waals surface area contributed by atoms with E-state index in [-0.39, 0.29) is 11.3 Å². The molecule has 0 bridgehead atoms. The Morgan fingerprint density at radius 2 is 1.53 bits per heavy atom. The fraction of sp³-hybridized carbons (Fsp3) is 0.207. The van der Waals surface area contributed by atoms with E-state index < -0.39 is 0 Å². The number of piperidine rings is 1. The number of phenols is 1. The van der Waals surface area contributed by atoms with Crippen molar-refractivity contribution in [2.24, 2.45) is 0 Å². The van der Waals surface area contributed by atoms with Crippen molar-refractivity contribution >= 4 is 21.8 Å². The van der Waals surface area contributed by atoms with Crippen LogP contribution in [-0.2, 0) is 6.54 Å². The highest BCUT2D eigenvalue weighted by Gasteiger charge is 2.13. The number of aromatic hydroxyl groups is 1. The molecule has 6 rings (SSSR count). The molecule has 0 amide bonds. The van der Waals surface area contributed by atoms with Crippen LogP contribution in [0, 0.1) is 0 Å². The summed E-state index contributed by atoms with van der Waals surface area (Å²) in [6.07, 6.45) is 3.91. The van der Waals surface area contributed by atoms with E-state index in [2.05, 4.69) is 39.1 Å². The Kier molecular flexibility index (Phi) is 5.19. The number of benzene rings is 3. The van der Waals surface area contributed by atoms with Gasteiger partial charge in [-0.05, 0) is 96.5 Å². The SMILES string of the molecule is O=c1[nH]c2ccc(-c3cccc(O)c3)cc2cc1-c1cc2cc(CN3CCCCC3)ccc2[nH]1. The third-order valence-corrected chi connectivity index (χ3v) is 6.85. The summed E-state index contributed by atoms with van der Waals surface area (Å²) in [4.78, 5) is 21.9. The minimum Gasteiger partial charge on any atom is -0.508 e. The van der Waals surface area contributed by atoms with E-state index >= 15 is 0 Å². The molecule has 1 aliphatic rings. The molecule has 1 saturated heterocycles. The number of hydrogen-bond donors (Lipinski definition) is 3. The van der Waals surface area contributed by atoms with Gasteiger partial charge in [-0.2, -0.15) is 0 Å². The van der Waals surface area contributed by atoms with Crippen LogP contribution in [0.3, 0.4) is 0 Å². The van der Waals surface area contributed by atoms with Crippen molar-refractivity contribution in [3.05, 3.63) is 88.7 Å². The standard InChI is InChI=1S/C29H27N3O2/c33-24-6-4-5-20(15-24)21-8-10-27-23(14-21)16-25(29(34)31-27)28-17-22-13-19(7-9-26(22)30-28)18-32-11-2-1-3-12-32/h4-10,13-17,30,33H,1-3,11-12,18H2,(H,31,34). The highest BCUT2D eigenvalue weighted by molar-refractivity contribution is 5.90. The number of rotatable bonds is 4. The first-order valence-corrected chi connectivity index (χ1v) is 11.9. The van der Waals surface area contributed by atoms with Gasteiger partial charge in [0, 0.05) is 23.0 Å². The van der Waals surface area contributed by atoms with Crippen LogP contribution in [0.4, 0.5) is 0 Å². The molecule has 5 heteroatoms. The van der Waals surface area contributed by atoms with E-state index in [4.69, 9.17) is 0 Å². The zero-order valence-corrected chi connectivity index (χ0v) is 19.0. The number of nitrogens with one attached hydrogen (secondary N) is 2. The molecule has 1 aliphatic heterocycles. The fourth-order valence-electron chi connectivity index (χ4n) is 5.07. The Balaban J connectivity index is 1.36. The second-order valence-corrected chi connectivity index (χ2v) is 9.31. The molecule has 3 aromatic carbocycles. The van der Waals surface area contributed by atoms with Crippen LogP contribution >= 0.6 is 0 Å². The quantitative estimate of drug-likeness (QED) is 0.313. The van der Waals surface area contributed by atoms with Gasteiger partial charge in [0.2, 0.25) is 0 Å². The summed E-state index contributed by atoms with van der Waals surface area (Å²) < 4.78 is 0. The molecule has 0 radical (unpaired) electrons. The first-order valence-electron chi connectivity index (χ1n) is 11.9. The van der Waals surface area contributed by atoms with E-state index in [1.807, 2.05) is 36.4 Å². The normalized spacial score (nSPS) is 14.7. The highest BCUT2D eigenvalue weighted by atomic mass is 16.3. The van der Waals surface area contributed by atoms with Crippen LogP contribution in [0.5, 0.6) is 5.75 Å². The van der Waals surface area contributed by atoms with Crippen LogP contribution in [0.2, 0.25) is 0 Å². The second kappa shape index (κ2) is 8.50. The molecule has 0 unspecified atom stereocenters. The monoisotopic (exact) mass is 449 g/mol. The van der Waals surface area contributed by atoms with Crippen molar-refractivity contribution in [3.63, 3.8) is 0 Å². The summed E-state index contributed by atoms with van der Waals surface area (Å²) in [7, 11) is 0. The fourth-order valence-corrected chi connectivity index (χ4v) is 5.07. The number of aromatic amines is 2. The number of hydrogen-bond acceptors (Lipinski definition) is 3. The van der Waals surface area contributed by atoms with Crippen molar-refractivity contribution < 1.29 is 5.11 Å². The third-order valence-electron chi connectivity index (χ3n) is 6.85. The first-order chi connectivity index (χ1) is 16.6. The van der Waals surface area contributed by atoms with E-state index in [1.54, 1.807) is 12.1 Å². The maximum atomic E-state index is 12.9. The van der Waals surface area contributed by atoms with Crippen molar-refractivity contribution in [2.45, 2.75) is 25.8 Å². The zero-order chi connectivity index (χ0) is 23.1. The maximum absolute atomic E-state index is 12.9. The molecular formula is C29H27N3O2.